The molecule has 2 aliphatic rings. The first-order chi connectivity index (χ1) is 8.59. The predicted molar refractivity (Wildman–Crippen MR) is 69.8 cm³/mol. The van der Waals surface area contributed by atoms with E-state index in [0.29, 0.717) is 5.92 Å². The number of likely N-dealkylation sites (N-methyl/N-ethyl adjacent to an activating group) is 1. The maximum Gasteiger partial charge on any atom is 0.304 e. The standard InChI is InChI=1S/C15H19NO2/c1-16-9-12(10-16)11-2-4-13(5-3-11)15(6-7-15)8-14(17)18/h2-5,12H,6-10H2,1H3,(H,17,18). The smallest absolute Gasteiger partial charge is 0.304 e. The third kappa shape index (κ3) is 2.03. The molecule has 1 aliphatic heterocycles. The zero-order chi connectivity index (χ0) is 12.8. The summed E-state index contributed by atoms with van der Waals surface area (Å²) in [6.45, 7) is 2.28. The second kappa shape index (κ2) is 4.09. The Kier molecular flexibility index (Phi) is 2.67. The normalized spacial score (nSPS) is 22.5. The Balaban J connectivity index is 1.73. The molecule has 1 aromatic carbocycles. The van der Waals surface area contributed by atoms with Gasteiger partial charge in [-0.2, -0.15) is 0 Å². The third-order valence-corrected chi connectivity index (χ3v) is 4.40. The molecule has 3 nitrogen and oxygen atoms in total. The van der Waals surface area contributed by atoms with Gasteiger partial charge in [0.25, 0.3) is 0 Å². The average molecular weight is 245 g/mol. The number of hydrogen-bond acceptors (Lipinski definition) is 2. The first kappa shape index (κ1) is 11.7. The minimum Gasteiger partial charge on any atom is -0.481 e. The lowest BCUT2D eigenvalue weighted by molar-refractivity contribution is -0.137. The van der Waals surface area contributed by atoms with Crippen LogP contribution in [0.15, 0.2) is 24.3 Å². The molecule has 0 bridgehead atoms. The first-order valence-electron chi connectivity index (χ1n) is 6.60. The number of carbonyl (C=O) groups is 1. The van der Waals surface area contributed by atoms with E-state index in [1.165, 1.54) is 11.1 Å². The molecule has 96 valence electrons. The van der Waals surface area contributed by atoms with Gasteiger partial charge >= 0.3 is 5.97 Å². The Labute approximate surface area is 107 Å². The fourth-order valence-electron chi connectivity index (χ4n) is 3.03. The van der Waals surface area contributed by atoms with Gasteiger partial charge in [-0.15, -0.1) is 0 Å². The van der Waals surface area contributed by atoms with Gasteiger partial charge in [0.05, 0.1) is 6.42 Å². The molecule has 18 heavy (non-hydrogen) atoms. The van der Waals surface area contributed by atoms with E-state index in [1.807, 2.05) is 0 Å². The average Bonchev–Trinajstić information content (AvgIpc) is 3.05. The van der Waals surface area contributed by atoms with Crippen LogP contribution in [0, 0.1) is 0 Å². The van der Waals surface area contributed by atoms with Crippen LogP contribution in [0.4, 0.5) is 0 Å². The number of carboxylic acids is 1. The van der Waals surface area contributed by atoms with Crippen molar-refractivity contribution in [1.82, 2.24) is 4.90 Å². The van der Waals surface area contributed by atoms with Gasteiger partial charge in [0.15, 0.2) is 0 Å². The van der Waals surface area contributed by atoms with Crippen molar-refractivity contribution < 1.29 is 9.90 Å². The molecule has 3 heteroatoms. The Morgan fingerprint density at radius 1 is 1.33 bits per heavy atom. The lowest BCUT2D eigenvalue weighted by atomic mass is 9.87. The summed E-state index contributed by atoms with van der Waals surface area (Å²) in [5.41, 5.74) is 2.55. The Morgan fingerprint density at radius 3 is 2.39 bits per heavy atom. The highest BCUT2D eigenvalue weighted by Gasteiger charge is 2.45. The molecule has 1 aromatic rings. The van der Waals surface area contributed by atoms with Gasteiger partial charge < -0.3 is 10.0 Å². The van der Waals surface area contributed by atoms with Gasteiger partial charge in [0, 0.05) is 24.4 Å². The van der Waals surface area contributed by atoms with Crippen LogP contribution in [0.2, 0.25) is 0 Å². The van der Waals surface area contributed by atoms with E-state index < -0.39 is 5.97 Å². The second-order valence-electron chi connectivity index (χ2n) is 5.89. The van der Waals surface area contributed by atoms with Crippen molar-refractivity contribution in [3.05, 3.63) is 35.4 Å². The van der Waals surface area contributed by atoms with Gasteiger partial charge in [-0.1, -0.05) is 24.3 Å². The fourth-order valence-corrected chi connectivity index (χ4v) is 3.03. The minimum absolute atomic E-state index is 0.0548. The second-order valence-corrected chi connectivity index (χ2v) is 5.89. The summed E-state index contributed by atoms with van der Waals surface area (Å²) in [6.07, 6.45) is 2.31. The van der Waals surface area contributed by atoms with Crippen LogP contribution in [0.3, 0.4) is 0 Å². The Hall–Kier alpha value is -1.35. The van der Waals surface area contributed by atoms with Crippen LogP contribution in [-0.4, -0.2) is 36.1 Å². The number of benzene rings is 1. The molecular weight excluding hydrogens is 226 g/mol. The van der Waals surface area contributed by atoms with E-state index >= 15 is 0 Å². The van der Waals surface area contributed by atoms with Crippen molar-refractivity contribution in [1.29, 1.82) is 0 Å². The van der Waals surface area contributed by atoms with E-state index in [4.69, 9.17) is 5.11 Å². The zero-order valence-corrected chi connectivity index (χ0v) is 10.7. The van der Waals surface area contributed by atoms with Gasteiger partial charge in [0.1, 0.15) is 0 Å². The van der Waals surface area contributed by atoms with Crippen LogP contribution in [0.5, 0.6) is 0 Å². The molecule has 1 heterocycles. The number of aliphatic carboxylic acids is 1. The van der Waals surface area contributed by atoms with E-state index in [2.05, 4.69) is 36.2 Å². The third-order valence-electron chi connectivity index (χ3n) is 4.40. The van der Waals surface area contributed by atoms with Crippen LogP contribution in [-0.2, 0) is 10.2 Å². The van der Waals surface area contributed by atoms with Gasteiger partial charge in [0.2, 0.25) is 0 Å². The number of hydrogen-bond donors (Lipinski definition) is 1. The summed E-state index contributed by atoms with van der Waals surface area (Å²) < 4.78 is 0. The minimum atomic E-state index is -0.683. The Morgan fingerprint density at radius 2 is 1.94 bits per heavy atom. The molecule has 0 atom stereocenters. The molecule has 0 unspecified atom stereocenters. The summed E-state index contributed by atoms with van der Waals surface area (Å²) in [4.78, 5) is 13.2. The van der Waals surface area contributed by atoms with Crippen molar-refractivity contribution in [2.45, 2.75) is 30.6 Å². The summed E-state index contributed by atoms with van der Waals surface area (Å²) in [6, 6.07) is 8.66. The number of rotatable bonds is 4. The topological polar surface area (TPSA) is 40.5 Å². The molecule has 2 fully saturated rings. The van der Waals surface area contributed by atoms with E-state index in [0.717, 1.165) is 25.9 Å². The molecule has 1 N–H and O–H groups in total. The van der Waals surface area contributed by atoms with Crippen LogP contribution < -0.4 is 0 Å². The summed E-state index contributed by atoms with van der Waals surface area (Å²) >= 11 is 0. The quantitative estimate of drug-likeness (QED) is 0.884. The van der Waals surface area contributed by atoms with Crippen LogP contribution in [0.1, 0.15) is 36.3 Å². The van der Waals surface area contributed by atoms with Crippen molar-refractivity contribution in [3.63, 3.8) is 0 Å². The number of nitrogens with zero attached hydrogens (tertiary/aromatic N) is 1. The van der Waals surface area contributed by atoms with E-state index in [1.54, 1.807) is 0 Å². The van der Waals surface area contributed by atoms with Crippen LogP contribution >= 0.6 is 0 Å². The molecule has 3 rings (SSSR count). The summed E-state index contributed by atoms with van der Waals surface area (Å²) in [7, 11) is 2.14. The van der Waals surface area contributed by atoms with Crippen molar-refractivity contribution >= 4 is 5.97 Å². The van der Waals surface area contributed by atoms with Gasteiger partial charge in [-0.25, -0.2) is 0 Å². The zero-order valence-electron chi connectivity index (χ0n) is 10.7. The lowest BCUT2D eigenvalue weighted by Crippen LogP contribution is -2.41. The van der Waals surface area contributed by atoms with Crippen LogP contribution in [0.25, 0.3) is 0 Å². The van der Waals surface area contributed by atoms with Gasteiger partial charge in [-0.3, -0.25) is 4.79 Å². The fraction of sp³-hybridized carbons (Fsp3) is 0.533. The molecule has 1 saturated carbocycles. The lowest BCUT2D eigenvalue weighted by Gasteiger charge is -2.36. The highest BCUT2D eigenvalue weighted by atomic mass is 16.4. The predicted octanol–water partition coefficient (Wildman–Crippen LogP) is 2.22. The molecule has 1 aliphatic carbocycles. The van der Waals surface area contributed by atoms with E-state index in [9.17, 15) is 4.79 Å². The maximum absolute atomic E-state index is 10.9. The molecule has 0 spiro atoms. The summed E-state index contributed by atoms with van der Waals surface area (Å²) in [5.74, 6) is -0.0177. The number of carboxylic acid groups (broad SMARTS) is 1. The molecule has 0 radical (unpaired) electrons. The molecule has 0 amide bonds. The molecule has 0 aromatic heterocycles. The first-order valence-corrected chi connectivity index (χ1v) is 6.60. The number of likely N-dealkylation sites (tertiary alicyclic amines) is 1. The Bertz CT molecular complexity index is 456. The van der Waals surface area contributed by atoms with Crippen molar-refractivity contribution in [2.75, 3.05) is 20.1 Å². The maximum atomic E-state index is 10.9. The molecule has 1 saturated heterocycles. The monoisotopic (exact) mass is 245 g/mol. The van der Waals surface area contributed by atoms with Gasteiger partial charge in [-0.05, 0) is 31.0 Å². The highest BCUT2D eigenvalue weighted by Crippen LogP contribution is 2.51. The summed E-state index contributed by atoms with van der Waals surface area (Å²) in [5, 5.41) is 8.96. The van der Waals surface area contributed by atoms with Crippen molar-refractivity contribution in [3.8, 4) is 0 Å². The van der Waals surface area contributed by atoms with Crippen molar-refractivity contribution in [2.24, 2.45) is 0 Å². The largest absolute Gasteiger partial charge is 0.481 e. The van der Waals surface area contributed by atoms with E-state index in [-0.39, 0.29) is 11.8 Å². The highest BCUT2D eigenvalue weighted by molar-refractivity contribution is 5.70. The molecular formula is C15H19NO2. The SMILES string of the molecule is CN1CC(c2ccc(C3(CC(=O)O)CC3)cc2)C1.